The predicted molar refractivity (Wildman–Crippen MR) is 148 cm³/mol. The van der Waals surface area contributed by atoms with Crippen molar-refractivity contribution in [3.8, 4) is 16.9 Å². The number of aliphatic carboxylic acids is 1. The fraction of sp³-hybridized carbons (Fsp3) is 0.548. The predicted octanol–water partition coefficient (Wildman–Crippen LogP) is 7.37. The van der Waals surface area contributed by atoms with Crippen molar-refractivity contribution in [3.05, 3.63) is 48.0 Å². The van der Waals surface area contributed by atoms with Crippen LogP contribution in [0.4, 0.5) is 10.5 Å². The summed E-state index contributed by atoms with van der Waals surface area (Å²) < 4.78 is 6.27. The molecule has 6 heteroatoms. The van der Waals surface area contributed by atoms with E-state index in [2.05, 4.69) is 55.6 Å². The first-order valence-electron chi connectivity index (χ1n) is 14.2. The minimum Gasteiger partial charge on any atom is -0.486 e. The van der Waals surface area contributed by atoms with Crippen molar-refractivity contribution in [2.45, 2.75) is 90.1 Å². The lowest BCUT2D eigenvalue weighted by Crippen LogP contribution is -2.48. The van der Waals surface area contributed by atoms with Gasteiger partial charge in [0.25, 0.3) is 0 Å². The molecule has 1 atom stereocenters. The van der Waals surface area contributed by atoms with E-state index in [4.69, 9.17) is 9.84 Å². The Bertz CT molecular complexity index is 1040. The molecule has 0 spiro atoms. The molecule has 0 bridgehead atoms. The second-order valence-corrected chi connectivity index (χ2v) is 10.7. The van der Waals surface area contributed by atoms with Crippen molar-refractivity contribution in [2.75, 3.05) is 18.0 Å². The standard InChI is InChI=1S/C31H42N2O4/c1-3-5-6-7-18-32-31(36)33-21-27(4-2)37-29-20-26(16-17-28(29)33)25-14-12-24(13-15-25)23-10-8-22(9-11-23)19-30(34)35/h12-17,20,22-23,27H,3-11,18-19,21H2,1-2H3,(H,32,36)(H,34,35)/t22-,23-,27?. The number of nitrogens with zero attached hydrogens (tertiary/aromatic N) is 1. The molecule has 2 aromatic rings. The highest BCUT2D eigenvalue weighted by Gasteiger charge is 2.29. The van der Waals surface area contributed by atoms with Gasteiger partial charge in [0, 0.05) is 13.0 Å². The van der Waals surface area contributed by atoms with E-state index >= 15 is 0 Å². The van der Waals surface area contributed by atoms with E-state index in [1.54, 1.807) is 0 Å². The van der Waals surface area contributed by atoms with Gasteiger partial charge in [0.1, 0.15) is 11.9 Å². The smallest absolute Gasteiger partial charge is 0.322 e. The minimum atomic E-state index is -0.682. The number of anilines is 1. The molecule has 1 saturated carbocycles. The highest BCUT2D eigenvalue weighted by molar-refractivity contribution is 5.94. The molecular weight excluding hydrogens is 464 g/mol. The molecule has 2 N–H and O–H groups in total. The Morgan fingerprint density at radius 2 is 1.70 bits per heavy atom. The molecule has 0 radical (unpaired) electrons. The Morgan fingerprint density at radius 1 is 0.973 bits per heavy atom. The summed E-state index contributed by atoms with van der Waals surface area (Å²) in [6, 6.07) is 14.9. The fourth-order valence-corrected chi connectivity index (χ4v) is 5.67. The maximum atomic E-state index is 13.0. The summed E-state index contributed by atoms with van der Waals surface area (Å²) in [6.45, 7) is 5.54. The number of fused-ring (bicyclic) bond motifs is 1. The van der Waals surface area contributed by atoms with Crippen molar-refractivity contribution in [1.29, 1.82) is 0 Å². The van der Waals surface area contributed by atoms with Gasteiger partial charge in [-0.3, -0.25) is 9.69 Å². The first-order valence-corrected chi connectivity index (χ1v) is 14.2. The Balaban J connectivity index is 1.42. The van der Waals surface area contributed by atoms with E-state index < -0.39 is 5.97 Å². The molecule has 0 saturated heterocycles. The number of carboxylic acids is 1. The van der Waals surface area contributed by atoms with Crippen LogP contribution in [0.5, 0.6) is 5.75 Å². The van der Waals surface area contributed by atoms with Crippen molar-refractivity contribution < 1.29 is 19.4 Å². The normalized spacial score (nSPS) is 21.1. The Kier molecular flexibility index (Phi) is 9.48. The number of hydrogen-bond acceptors (Lipinski definition) is 3. The summed E-state index contributed by atoms with van der Waals surface area (Å²) in [7, 11) is 0. The zero-order valence-electron chi connectivity index (χ0n) is 22.4. The molecule has 1 heterocycles. The third-order valence-electron chi connectivity index (χ3n) is 7.96. The zero-order valence-corrected chi connectivity index (χ0v) is 22.4. The van der Waals surface area contributed by atoms with Crippen LogP contribution in [0.1, 0.15) is 89.5 Å². The summed E-state index contributed by atoms with van der Waals surface area (Å²) in [5, 5.41) is 12.2. The van der Waals surface area contributed by atoms with Gasteiger partial charge < -0.3 is 15.2 Å². The molecule has 200 valence electrons. The van der Waals surface area contributed by atoms with E-state index in [0.717, 1.165) is 67.5 Å². The average molecular weight is 507 g/mol. The third kappa shape index (κ3) is 7.06. The number of unbranched alkanes of at least 4 members (excludes halogenated alkanes) is 3. The van der Waals surface area contributed by atoms with Gasteiger partial charge in [0.15, 0.2) is 0 Å². The van der Waals surface area contributed by atoms with Crippen LogP contribution in [-0.4, -0.2) is 36.3 Å². The molecule has 2 aromatic carbocycles. The first kappa shape index (κ1) is 27.0. The van der Waals surface area contributed by atoms with Crippen LogP contribution in [0.2, 0.25) is 0 Å². The van der Waals surface area contributed by atoms with Crippen LogP contribution >= 0.6 is 0 Å². The Labute approximate surface area is 221 Å². The van der Waals surface area contributed by atoms with E-state index in [1.807, 2.05) is 11.0 Å². The average Bonchev–Trinajstić information content (AvgIpc) is 2.92. The molecule has 2 amide bonds. The van der Waals surface area contributed by atoms with Gasteiger partial charge in [0.2, 0.25) is 0 Å². The monoisotopic (exact) mass is 506 g/mol. The largest absolute Gasteiger partial charge is 0.486 e. The van der Waals surface area contributed by atoms with E-state index in [-0.39, 0.29) is 12.1 Å². The summed E-state index contributed by atoms with van der Waals surface area (Å²) in [4.78, 5) is 25.8. The highest BCUT2D eigenvalue weighted by atomic mass is 16.5. The summed E-state index contributed by atoms with van der Waals surface area (Å²) in [5.74, 6) is 0.902. The number of rotatable bonds is 10. The van der Waals surface area contributed by atoms with Crippen molar-refractivity contribution in [3.63, 3.8) is 0 Å². The van der Waals surface area contributed by atoms with Crippen molar-refractivity contribution >= 4 is 17.7 Å². The summed E-state index contributed by atoms with van der Waals surface area (Å²) in [5.41, 5.74) is 4.36. The second-order valence-electron chi connectivity index (χ2n) is 10.7. The highest BCUT2D eigenvalue weighted by Crippen LogP contribution is 2.40. The number of carbonyl (C=O) groups excluding carboxylic acids is 1. The number of nitrogens with one attached hydrogen (secondary N) is 1. The number of carbonyl (C=O) groups is 2. The van der Waals surface area contributed by atoms with Crippen molar-refractivity contribution in [2.24, 2.45) is 5.92 Å². The van der Waals surface area contributed by atoms with E-state index in [9.17, 15) is 9.59 Å². The van der Waals surface area contributed by atoms with Crippen LogP contribution in [0.25, 0.3) is 11.1 Å². The minimum absolute atomic E-state index is 0.0211. The second kappa shape index (κ2) is 13.0. The van der Waals surface area contributed by atoms with Gasteiger partial charge >= 0.3 is 12.0 Å². The van der Waals surface area contributed by atoms with Crippen LogP contribution in [0, 0.1) is 5.92 Å². The molecule has 4 rings (SSSR count). The van der Waals surface area contributed by atoms with Gasteiger partial charge in [-0.1, -0.05) is 63.4 Å². The van der Waals surface area contributed by atoms with Gasteiger partial charge in [0.05, 0.1) is 12.2 Å². The van der Waals surface area contributed by atoms with Crippen LogP contribution in [0.3, 0.4) is 0 Å². The van der Waals surface area contributed by atoms with Gasteiger partial charge in [-0.15, -0.1) is 0 Å². The Morgan fingerprint density at radius 3 is 2.38 bits per heavy atom. The number of carboxylic acid groups (broad SMARTS) is 1. The SMILES string of the molecule is CCCCCCNC(=O)N1CC(CC)Oc2cc(-c3ccc([C@H]4CC[C@H](CC(=O)O)CC4)cc3)ccc21. The van der Waals surface area contributed by atoms with Crippen LogP contribution in [-0.2, 0) is 4.79 Å². The number of urea groups is 1. The lowest BCUT2D eigenvalue weighted by molar-refractivity contribution is -0.138. The number of ether oxygens (including phenoxy) is 1. The quantitative estimate of drug-likeness (QED) is 0.330. The zero-order chi connectivity index (χ0) is 26.2. The van der Waals surface area contributed by atoms with Gasteiger partial charge in [-0.25, -0.2) is 4.79 Å². The molecule has 2 aliphatic rings. The lowest BCUT2D eigenvalue weighted by atomic mass is 9.77. The maximum Gasteiger partial charge on any atom is 0.322 e. The molecule has 1 aliphatic heterocycles. The fourth-order valence-electron chi connectivity index (χ4n) is 5.67. The van der Waals surface area contributed by atoms with Gasteiger partial charge in [-0.2, -0.15) is 0 Å². The van der Waals surface area contributed by atoms with Crippen LogP contribution < -0.4 is 15.0 Å². The number of benzene rings is 2. The summed E-state index contributed by atoms with van der Waals surface area (Å²) in [6.07, 6.45) is 9.73. The van der Waals surface area contributed by atoms with E-state index in [1.165, 1.54) is 18.4 Å². The van der Waals surface area contributed by atoms with Gasteiger partial charge in [-0.05, 0) is 79.2 Å². The number of amides is 2. The van der Waals surface area contributed by atoms with Crippen LogP contribution in [0.15, 0.2) is 42.5 Å². The van der Waals surface area contributed by atoms with E-state index in [0.29, 0.717) is 31.3 Å². The Hall–Kier alpha value is -3.02. The molecule has 37 heavy (non-hydrogen) atoms. The third-order valence-corrected chi connectivity index (χ3v) is 7.96. The topological polar surface area (TPSA) is 78.9 Å². The molecule has 1 aliphatic carbocycles. The maximum absolute atomic E-state index is 13.0. The molecular formula is C31H42N2O4. The molecule has 6 nitrogen and oxygen atoms in total. The molecule has 0 aromatic heterocycles. The molecule has 1 unspecified atom stereocenters. The number of hydrogen-bond donors (Lipinski definition) is 2. The first-order chi connectivity index (χ1) is 18.0. The van der Waals surface area contributed by atoms with Crippen molar-refractivity contribution in [1.82, 2.24) is 5.32 Å². The molecule has 1 fully saturated rings. The lowest BCUT2D eigenvalue weighted by Gasteiger charge is -2.35. The summed E-state index contributed by atoms with van der Waals surface area (Å²) >= 11 is 0.